The van der Waals surface area contributed by atoms with Crippen LogP contribution in [0.25, 0.3) is 0 Å². The second kappa shape index (κ2) is 6.64. The molecule has 0 saturated carbocycles. The van der Waals surface area contributed by atoms with Gasteiger partial charge in [-0.2, -0.15) is 0 Å². The molecule has 0 saturated heterocycles. The number of benzene rings is 1. The van der Waals surface area contributed by atoms with Crippen molar-refractivity contribution in [3.8, 4) is 0 Å². The van der Waals surface area contributed by atoms with Gasteiger partial charge in [0.15, 0.2) is 0 Å². The van der Waals surface area contributed by atoms with E-state index in [2.05, 4.69) is 35.4 Å². The van der Waals surface area contributed by atoms with Crippen LogP contribution in [0.2, 0.25) is 0 Å². The fourth-order valence-corrected chi connectivity index (χ4v) is 2.07. The van der Waals surface area contributed by atoms with Gasteiger partial charge in [0, 0.05) is 30.0 Å². The van der Waals surface area contributed by atoms with Crippen molar-refractivity contribution in [2.24, 2.45) is 0 Å². The minimum absolute atomic E-state index is 0.170. The quantitative estimate of drug-likeness (QED) is 0.880. The Balaban J connectivity index is 2.81. The first-order valence-electron chi connectivity index (χ1n) is 7.21. The first-order valence-corrected chi connectivity index (χ1v) is 7.21. The summed E-state index contributed by atoms with van der Waals surface area (Å²) in [6, 6.07) is 5.95. The molecule has 0 radical (unpaired) electrons. The molecule has 0 bridgehead atoms. The van der Waals surface area contributed by atoms with E-state index < -0.39 is 0 Å². The minimum Gasteiger partial charge on any atom is -0.372 e. The van der Waals surface area contributed by atoms with Crippen LogP contribution in [0.15, 0.2) is 18.2 Å². The number of nitrogens with one attached hydrogen (secondary N) is 2. The van der Waals surface area contributed by atoms with Gasteiger partial charge in [-0.3, -0.25) is 0 Å². The summed E-state index contributed by atoms with van der Waals surface area (Å²) in [6.45, 7) is 14.1. The Bertz CT molecular complexity index is 459. The molecule has 0 unspecified atom stereocenters. The molecular weight excluding hydrogens is 250 g/mol. The molecule has 4 heteroatoms. The number of nitrogens with zero attached hydrogens (tertiary/aromatic N) is 1. The lowest BCUT2D eigenvalue weighted by Gasteiger charge is -2.23. The lowest BCUT2D eigenvalue weighted by molar-refractivity contribution is 0.244. The number of hydrogen-bond donors (Lipinski definition) is 2. The zero-order chi connectivity index (χ0) is 15.3. The van der Waals surface area contributed by atoms with Crippen molar-refractivity contribution in [2.45, 2.75) is 47.1 Å². The molecule has 0 spiro atoms. The van der Waals surface area contributed by atoms with Crippen molar-refractivity contribution in [2.75, 3.05) is 23.3 Å². The van der Waals surface area contributed by atoms with Gasteiger partial charge in [-0.25, -0.2) is 4.79 Å². The Morgan fingerprint density at radius 3 is 2.25 bits per heavy atom. The highest BCUT2D eigenvalue weighted by atomic mass is 16.2. The molecule has 0 aliphatic carbocycles. The van der Waals surface area contributed by atoms with Crippen molar-refractivity contribution in [3.63, 3.8) is 0 Å². The van der Waals surface area contributed by atoms with E-state index in [9.17, 15) is 4.79 Å². The third kappa shape index (κ3) is 4.76. The molecule has 112 valence electrons. The van der Waals surface area contributed by atoms with E-state index in [4.69, 9.17) is 0 Å². The van der Waals surface area contributed by atoms with Crippen molar-refractivity contribution in [1.29, 1.82) is 0 Å². The average molecular weight is 277 g/mol. The Labute approximate surface area is 122 Å². The number of amides is 2. The smallest absolute Gasteiger partial charge is 0.319 e. The molecule has 0 heterocycles. The van der Waals surface area contributed by atoms with Gasteiger partial charge < -0.3 is 15.5 Å². The van der Waals surface area contributed by atoms with Crippen LogP contribution in [0.3, 0.4) is 0 Å². The standard InChI is InChI=1S/C16H27N3O/c1-7-19(8-2)13-9-10-14(12(3)11-13)17-15(20)18-16(4,5)6/h9-11H,7-8H2,1-6H3,(H2,17,18,20). The highest BCUT2D eigenvalue weighted by molar-refractivity contribution is 5.90. The summed E-state index contributed by atoms with van der Waals surface area (Å²) in [4.78, 5) is 14.2. The Morgan fingerprint density at radius 2 is 1.80 bits per heavy atom. The number of hydrogen-bond acceptors (Lipinski definition) is 2. The van der Waals surface area contributed by atoms with Crippen LogP contribution in [0.4, 0.5) is 16.2 Å². The molecule has 1 aromatic rings. The maximum absolute atomic E-state index is 11.9. The third-order valence-electron chi connectivity index (χ3n) is 3.08. The van der Waals surface area contributed by atoms with Gasteiger partial charge in [0.25, 0.3) is 0 Å². The lowest BCUT2D eigenvalue weighted by atomic mass is 10.1. The molecule has 0 atom stereocenters. The maximum Gasteiger partial charge on any atom is 0.319 e. The van der Waals surface area contributed by atoms with Crippen LogP contribution >= 0.6 is 0 Å². The first kappa shape index (κ1) is 16.3. The maximum atomic E-state index is 11.9. The van der Waals surface area contributed by atoms with Crippen LogP contribution in [-0.4, -0.2) is 24.7 Å². The number of carbonyl (C=O) groups is 1. The lowest BCUT2D eigenvalue weighted by Crippen LogP contribution is -2.43. The molecule has 20 heavy (non-hydrogen) atoms. The molecule has 0 aliphatic rings. The highest BCUT2D eigenvalue weighted by Gasteiger charge is 2.14. The van der Waals surface area contributed by atoms with Gasteiger partial charge in [0.1, 0.15) is 0 Å². The number of urea groups is 1. The molecular formula is C16H27N3O. The van der Waals surface area contributed by atoms with Gasteiger partial charge in [0.2, 0.25) is 0 Å². The second-order valence-corrected chi connectivity index (χ2v) is 6.00. The molecule has 1 aromatic carbocycles. The van der Waals surface area contributed by atoms with E-state index in [1.807, 2.05) is 39.8 Å². The minimum atomic E-state index is -0.237. The summed E-state index contributed by atoms with van der Waals surface area (Å²) in [5, 5.41) is 5.79. The van der Waals surface area contributed by atoms with Gasteiger partial charge in [-0.05, 0) is 65.3 Å². The normalized spacial score (nSPS) is 11.1. The Hall–Kier alpha value is -1.71. The largest absolute Gasteiger partial charge is 0.372 e. The predicted molar refractivity (Wildman–Crippen MR) is 86.6 cm³/mol. The van der Waals surface area contributed by atoms with Crippen LogP contribution in [0.5, 0.6) is 0 Å². The number of rotatable bonds is 4. The molecule has 1 rings (SSSR count). The summed E-state index contributed by atoms with van der Waals surface area (Å²) in [5.74, 6) is 0. The van der Waals surface area contributed by atoms with Crippen LogP contribution in [0, 0.1) is 6.92 Å². The molecule has 0 aliphatic heterocycles. The molecule has 4 nitrogen and oxygen atoms in total. The summed E-state index contributed by atoms with van der Waals surface area (Å²) in [6.07, 6.45) is 0. The molecule has 2 N–H and O–H groups in total. The van der Waals surface area contributed by atoms with E-state index in [-0.39, 0.29) is 11.6 Å². The summed E-state index contributed by atoms with van der Waals surface area (Å²) < 4.78 is 0. The summed E-state index contributed by atoms with van der Waals surface area (Å²) in [5.41, 5.74) is 2.87. The van der Waals surface area contributed by atoms with E-state index in [1.54, 1.807) is 0 Å². The van der Waals surface area contributed by atoms with E-state index in [1.165, 1.54) is 5.69 Å². The van der Waals surface area contributed by atoms with E-state index >= 15 is 0 Å². The van der Waals surface area contributed by atoms with E-state index in [0.29, 0.717) is 0 Å². The Kier molecular flexibility index (Phi) is 5.43. The van der Waals surface area contributed by atoms with Gasteiger partial charge in [-0.1, -0.05) is 0 Å². The summed E-state index contributed by atoms with van der Waals surface area (Å²) in [7, 11) is 0. The van der Waals surface area contributed by atoms with Crippen LogP contribution < -0.4 is 15.5 Å². The van der Waals surface area contributed by atoms with Crippen molar-refractivity contribution >= 4 is 17.4 Å². The van der Waals surface area contributed by atoms with Gasteiger partial charge in [-0.15, -0.1) is 0 Å². The zero-order valence-corrected chi connectivity index (χ0v) is 13.5. The van der Waals surface area contributed by atoms with Gasteiger partial charge >= 0.3 is 6.03 Å². The fourth-order valence-electron chi connectivity index (χ4n) is 2.07. The van der Waals surface area contributed by atoms with Crippen LogP contribution in [-0.2, 0) is 0 Å². The molecule has 0 aromatic heterocycles. The SMILES string of the molecule is CCN(CC)c1ccc(NC(=O)NC(C)(C)C)c(C)c1. The van der Waals surface area contributed by atoms with Crippen LogP contribution in [0.1, 0.15) is 40.2 Å². The summed E-state index contributed by atoms with van der Waals surface area (Å²) >= 11 is 0. The predicted octanol–water partition coefficient (Wildman–Crippen LogP) is 3.76. The number of aryl methyl sites for hydroxylation is 1. The topological polar surface area (TPSA) is 44.4 Å². The van der Waals surface area contributed by atoms with E-state index in [0.717, 1.165) is 24.3 Å². The fraction of sp³-hybridized carbons (Fsp3) is 0.562. The number of carbonyl (C=O) groups excluding carboxylic acids is 1. The molecule has 0 fully saturated rings. The van der Waals surface area contributed by atoms with Crippen molar-refractivity contribution < 1.29 is 4.79 Å². The van der Waals surface area contributed by atoms with Crippen molar-refractivity contribution in [3.05, 3.63) is 23.8 Å². The average Bonchev–Trinajstić information content (AvgIpc) is 2.31. The first-order chi connectivity index (χ1) is 9.26. The number of anilines is 2. The highest BCUT2D eigenvalue weighted by Crippen LogP contribution is 2.22. The van der Waals surface area contributed by atoms with Crippen molar-refractivity contribution in [1.82, 2.24) is 5.32 Å². The Morgan fingerprint density at radius 1 is 1.20 bits per heavy atom. The zero-order valence-electron chi connectivity index (χ0n) is 13.5. The molecule has 2 amide bonds. The second-order valence-electron chi connectivity index (χ2n) is 6.00. The monoisotopic (exact) mass is 277 g/mol. The van der Waals surface area contributed by atoms with Gasteiger partial charge in [0.05, 0.1) is 0 Å². The third-order valence-corrected chi connectivity index (χ3v) is 3.08.